The summed E-state index contributed by atoms with van der Waals surface area (Å²) in [6, 6.07) is 6.40. The molecule has 0 unspecified atom stereocenters. The van der Waals surface area contributed by atoms with Crippen molar-refractivity contribution in [1.29, 1.82) is 0 Å². The van der Waals surface area contributed by atoms with Gasteiger partial charge in [0.25, 0.3) is 5.91 Å². The average molecular weight is 331 g/mol. The summed E-state index contributed by atoms with van der Waals surface area (Å²) < 4.78 is 11.3. The van der Waals surface area contributed by atoms with Gasteiger partial charge in [-0.25, -0.2) is 0 Å². The lowest BCUT2D eigenvalue weighted by Gasteiger charge is -2.25. The lowest BCUT2D eigenvalue weighted by molar-refractivity contribution is -0.131. The number of ether oxygens (including phenoxy) is 2. The largest absolute Gasteiger partial charge is 0.426 e. The van der Waals surface area contributed by atoms with Crippen molar-refractivity contribution in [1.82, 2.24) is 14.8 Å². The summed E-state index contributed by atoms with van der Waals surface area (Å²) in [5.74, 6) is -0.543. The van der Waals surface area contributed by atoms with E-state index in [1.54, 1.807) is 12.1 Å². The van der Waals surface area contributed by atoms with Crippen molar-refractivity contribution in [3.8, 4) is 5.75 Å². The second kappa shape index (κ2) is 6.67. The minimum atomic E-state index is -0.518. The van der Waals surface area contributed by atoms with Gasteiger partial charge in [-0.2, -0.15) is 9.67 Å². The van der Waals surface area contributed by atoms with E-state index in [-0.39, 0.29) is 17.3 Å². The van der Waals surface area contributed by atoms with Crippen molar-refractivity contribution in [3.63, 3.8) is 0 Å². The van der Waals surface area contributed by atoms with E-state index in [0.717, 1.165) is 4.68 Å². The molecule has 2 heterocycles. The predicted molar refractivity (Wildman–Crippen MR) is 84.9 cm³/mol. The number of benzene rings is 1. The monoisotopic (exact) mass is 331 g/mol. The Balaban J connectivity index is 1.90. The molecule has 1 aliphatic heterocycles. The van der Waals surface area contributed by atoms with Crippen molar-refractivity contribution in [3.05, 3.63) is 29.8 Å². The van der Waals surface area contributed by atoms with Crippen molar-refractivity contribution in [2.45, 2.75) is 6.92 Å². The molecule has 24 heavy (non-hydrogen) atoms. The van der Waals surface area contributed by atoms with Crippen LogP contribution >= 0.6 is 0 Å². The van der Waals surface area contributed by atoms with Crippen LogP contribution in [0.3, 0.4) is 0 Å². The maximum atomic E-state index is 12.7. The van der Waals surface area contributed by atoms with Crippen LogP contribution in [0.25, 0.3) is 0 Å². The molecule has 3 rings (SSSR count). The molecule has 0 saturated carbocycles. The normalized spacial score (nSPS) is 14.5. The number of nitrogens with zero attached hydrogens (tertiary/aromatic N) is 4. The van der Waals surface area contributed by atoms with E-state index in [1.807, 2.05) is 4.90 Å². The molecule has 1 fully saturated rings. The van der Waals surface area contributed by atoms with Crippen LogP contribution in [0.2, 0.25) is 0 Å². The highest BCUT2D eigenvalue weighted by molar-refractivity contribution is 5.99. The SMILES string of the molecule is CC(=O)Oc1ccccc1C(=O)n1nc(N2CCOCC2)nc1N. The van der Waals surface area contributed by atoms with E-state index >= 15 is 0 Å². The maximum Gasteiger partial charge on any atom is 0.308 e. The molecule has 2 N–H and O–H groups in total. The molecule has 9 heteroatoms. The summed E-state index contributed by atoms with van der Waals surface area (Å²) in [6.45, 7) is 3.65. The van der Waals surface area contributed by atoms with Gasteiger partial charge in [0.15, 0.2) is 0 Å². The zero-order chi connectivity index (χ0) is 17.1. The fourth-order valence-electron chi connectivity index (χ4n) is 2.36. The molecule has 126 valence electrons. The van der Waals surface area contributed by atoms with Crippen molar-refractivity contribution < 1.29 is 19.1 Å². The number of nitrogen functional groups attached to an aromatic ring is 1. The van der Waals surface area contributed by atoms with Crippen LogP contribution in [-0.2, 0) is 9.53 Å². The molecule has 1 aromatic heterocycles. The van der Waals surface area contributed by atoms with Crippen LogP contribution in [0.1, 0.15) is 17.3 Å². The number of para-hydroxylation sites is 1. The molecule has 2 aromatic rings. The Morgan fingerprint density at radius 1 is 1.25 bits per heavy atom. The number of hydrogen-bond acceptors (Lipinski definition) is 8. The van der Waals surface area contributed by atoms with Gasteiger partial charge in [-0.1, -0.05) is 12.1 Å². The molecule has 1 aromatic carbocycles. The molecule has 0 bridgehead atoms. The topological polar surface area (TPSA) is 113 Å². The first kappa shape index (κ1) is 15.9. The molecule has 1 aliphatic rings. The van der Waals surface area contributed by atoms with Crippen LogP contribution in [0.4, 0.5) is 11.9 Å². The summed E-state index contributed by atoms with van der Waals surface area (Å²) in [4.78, 5) is 29.9. The zero-order valence-electron chi connectivity index (χ0n) is 13.1. The highest BCUT2D eigenvalue weighted by Gasteiger charge is 2.23. The number of morpholine rings is 1. The number of hydrogen-bond donors (Lipinski definition) is 1. The number of esters is 1. The molecule has 1 saturated heterocycles. The van der Waals surface area contributed by atoms with E-state index in [2.05, 4.69) is 10.1 Å². The standard InChI is InChI=1S/C15H17N5O4/c1-10(21)24-12-5-3-2-4-11(12)13(22)20-14(16)17-15(18-20)19-6-8-23-9-7-19/h2-5H,6-9H2,1H3,(H2,16,17,18). The molecule has 0 spiro atoms. The third-order valence-electron chi connectivity index (χ3n) is 3.48. The predicted octanol–water partition coefficient (Wildman–Crippen LogP) is 0.311. The van der Waals surface area contributed by atoms with Gasteiger partial charge in [-0.15, -0.1) is 5.10 Å². The van der Waals surface area contributed by atoms with E-state index < -0.39 is 11.9 Å². The third-order valence-corrected chi connectivity index (χ3v) is 3.48. The van der Waals surface area contributed by atoms with Crippen LogP contribution < -0.4 is 15.4 Å². The van der Waals surface area contributed by atoms with Gasteiger partial charge >= 0.3 is 5.97 Å². The summed E-state index contributed by atoms with van der Waals surface area (Å²) in [6.07, 6.45) is 0. The first-order chi connectivity index (χ1) is 11.6. The fourth-order valence-corrected chi connectivity index (χ4v) is 2.36. The number of aromatic nitrogens is 3. The number of nitrogens with two attached hydrogens (primary N) is 1. The van der Waals surface area contributed by atoms with E-state index in [0.29, 0.717) is 32.3 Å². The van der Waals surface area contributed by atoms with Crippen molar-refractivity contribution in [2.75, 3.05) is 36.9 Å². The zero-order valence-corrected chi connectivity index (χ0v) is 13.1. The molecule has 9 nitrogen and oxygen atoms in total. The van der Waals surface area contributed by atoms with E-state index in [9.17, 15) is 9.59 Å². The highest BCUT2D eigenvalue weighted by Crippen LogP contribution is 2.21. The third kappa shape index (κ3) is 3.20. The van der Waals surface area contributed by atoms with E-state index in [4.69, 9.17) is 15.2 Å². The van der Waals surface area contributed by atoms with Crippen LogP contribution in [-0.4, -0.2) is 52.9 Å². The molecule has 0 atom stereocenters. The van der Waals surface area contributed by atoms with Gasteiger partial charge in [0.1, 0.15) is 5.75 Å². The molecule has 0 aliphatic carbocycles. The van der Waals surface area contributed by atoms with Crippen LogP contribution in [0, 0.1) is 0 Å². The van der Waals surface area contributed by atoms with Gasteiger partial charge in [0.2, 0.25) is 11.9 Å². The van der Waals surface area contributed by atoms with E-state index in [1.165, 1.54) is 19.1 Å². The second-order valence-electron chi connectivity index (χ2n) is 5.18. The maximum absolute atomic E-state index is 12.7. The Morgan fingerprint density at radius 3 is 2.67 bits per heavy atom. The Morgan fingerprint density at radius 2 is 1.96 bits per heavy atom. The van der Waals surface area contributed by atoms with Crippen LogP contribution in [0.5, 0.6) is 5.75 Å². The average Bonchev–Trinajstić information content (AvgIpc) is 2.97. The van der Waals surface area contributed by atoms with Gasteiger partial charge in [-0.05, 0) is 12.1 Å². The highest BCUT2D eigenvalue weighted by atomic mass is 16.5. The lowest BCUT2D eigenvalue weighted by Crippen LogP contribution is -2.37. The molecular weight excluding hydrogens is 314 g/mol. The summed E-state index contributed by atoms with van der Waals surface area (Å²) in [5.41, 5.74) is 6.02. The Bertz CT molecular complexity index is 767. The molecule has 0 radical (unpaired) electrons. The minimum Gasteiger partial charge on any atom is -0.426 e. The summed E-state index contributed by atoms with van der Waals surface area (Å²) in [7, 11) is 0. The molecular formula is C15H17N5O4. The number of carbonyl (C=O) groups excluding carboxylic acids is 2. The van der Waals surface area contributed by atoms with Gasteiger partial charge < -0.3 is 20.1 Å². The Labute approximate surface area is 138 Å². The van der Waals surface area contributed by atoms with Crippen molar-refractivity contribution in [2.24, 2.45) is 0 Å². The van der Waals surface area contributed by atoms with Gasteiger partial charge in [0, 0.05) is 20.0 Å². The summed E-state index contributed by atoms with van der Waals surface area (Å²) in [5, 5.41) is 4.19. The van der Waals surface area contributed by atoms with Crippen LogP contribution in [0.15, 0.2) is 24.3 Å². The smallest absolute Gasteiger partial charge is 0.308 e. The number of anilines is 2. The fraction of sp³-hybridized carbons (Fsp3) is 0.333. The lowest BCUT2D eigenvalue weighted by atomic mass is 10.2. The second-order valence-corrected chi connectivity index (χ2v) is 5.18. The van der Waals surface area contributed by atoms with Gasteiger partial charge in [0.05, 0.1) is 18.8 Å². The Kier molecular flexibility index (Phi) is 4.43. The van der Waals surface area contributed by atoms with Crippen molar-refractivity contribution >= 4 is 23.8 Å². The van der Waals surface area contributed by atoms with Gasteiger partial charge in [-0.3, -0.25) is 9.59 Å². The number of carbonyl (C=O) groups is 2. The first-order valence-corrected chi connectivity index (χ1v) is 7.43. The quantitative estimate of drug-likeness (QED) is 0.631. The summed E-state index contributed by atoms with van der Waals surface area (Å²) >= 11 is 0. The minimum absolute atomic E-state index is 0.0286. The number of rotatable bonds is 3. The Hall–Kier alpha value is -2.94. The molecule has 0 amide bonds. The first-order valence-electron chi connectivity index (χ1n) is 7.43.